The molecule has 0 fully saturated rings. The summed E-state index contributed by atoms with van der Waals surface area (Å²) in [5.41, 5.74) is 2.07. The van der Waals surface area contributed by atoms with Crippen molar-refractivity contribution in [1.29, 1.82) is 0 Å². The maximum atomic E-state index is 12.3. The molecule has 0 saturated carbocycles. The first-order chi connectivity index (χ1) is 9.25. The van der Waals surface area contributed by atoms with Crippen LogP contribution in [0.4, 0.5) is 5.69 Å². The number of carbonyl (C=O) groups is 1. The van der Waals surface area contributed by atoms with Gasteiger partial charge in [0.1, 0.15) is 11.8 Å². The van der Waals surface area contributed by atoms with Crippen molar-refractivity contribution < 1.29 is 9.21 Å². The van der Waals surface area contributed by atoms with Crippen molar-refractivity contribution in [2.45, 2.75) is 0 Å². The van der Waals surface area contributed by atoms with Gasteiger partial charge in [-0.05, 0) is 40.8 Å². The summed E-state index contributed by atoms with van der Waals surface area (Å²) < 4.78 is 6.38. The monoisotopic (exact) mass is 363 g/mol. The second-order valence-corrected chi connectivity index (χ2v) is 5.24. The molecule has 3 nitrogen and oxygen atoms in total. The Bertz CT molecular complexity index is 748. The van der Waals surface area contributed by atoms with Crippen molar-refractivity contribution in [3.05, 3.63) is 63.9 Å². The maximum Gasteiger partial charge on any atom is 0.259 e. The van der Waals surface area contributed by atoms with Crippen molar-refractivity contribution >= 4 is 45.2 Å². The van der Waals surface area contributed by atoms with Gasteiger partial charge in [-0.2, -0.15) is 0 Å². The minimum atomic E-state index is -0.158. The van der Waals surface area contributed by atoms with Crippen LogP contribution >= 0.6 is 22.6 Å². The van der Waals surface area contributed by atoms with Crippen molar-refractivity contribution in [3.8, 4) is 0 Å². The van der Waals surface area contributed by atoms with Crippen LogP contribution in [0.5, 0.6) is 0 Å². The predicted molar refractivity (Wildman–Crippen MR) is 83.3 cm³/mol. The predicted octanol–water partition coefficient (Wildman–Crippen LogP) is 4.29. The van der Waals surface area contributed by atoms with E-state index in [1.807, 2.05) is 48.5 Å². The summed E-state index contributed by atoms with van der Waals surface area (Å²) in [6.45, 7) is 0. The summed E-state index contributed by atoms with van der Waals surface area (Å²) in [5.74, 6) is -0.158. The average molecular weight is 363 g/mol. The molecule has 0 aliphatic heterocycles. The molecule has 0 unspecified atom stereocenters. The van der Waals surface area contributed by atoms with E-state index in [9.17, 15) is 4.79 Å². The highest BCUT2D eigenvalue weighted by atomic mass is 127. The molecule has 2 aromatic carbocycles. The smallest absolute Gasteiger partial charge is 0.259 e. The molecule has 3 aromatic rings. The quantitative estimate of drug-likeness (QED) is 0.691. The van der Waals surface area contributed by atoms with Crippen LogP contribution in [0.3, 0.4) is 0 Å². The van der Waals surface area contributed by atoms with E-state index < -0.39 is 0 Å². The van der Waals surface area contributed by atoms with E-state index in [-0.39, 0.29) is 5.91 Å². The minimum absolute atomic E-state index is 0.158. The van der Waals surface area contributed by atoms with Crippen LogP contribution in [-0.2, 0) is 0 Å². The Labute approximate surface area is 123 Å². The average Bonchev–Trinajstić information content (AvgIpc) is 2.85. The number of anilines is 1. The molecule has 3 rings (SSSR count). The van der Waals surface area contributed by atoms with Gasteiger partial charge in [-0.1, -0.05) is 30.3 Å². The van der Waals surface area contributed by atoms with E-state index in [2.05, 4.69) is 27.9 Å². The summed E-state index contributed by atoms with van der Waals surface area (Å²) >= 11 is 2.19. The second kappa shape index (κ2) is 5.05. The van der Waals surface area contributed by atoms with Crippen molar-refractivity contribution in [2.75, 3.05) is 5.32 Å². The fraction of sp³-hybridized carbons (Fsp3) is 0. The zero-order valence-corrected chi connectivity index (χ0v) is 12.0. The van der Waals surface area contributed by atoms with Crippen LogP contribution < -0.4 is 5.32 Å². The minimum Gasteiger partial charge on any atom is -0.463 e. The highest BCUT2D eigenvalue weighted by Gasteiger charge is 2.14. The second-order valence-electron chi connectivity index (χ2n) is 4.08. The van der Waals surface area contributed by atoms with Gasteiger partial charge < -0.3 is 9.73 Å². The standard InChI is InChI=1S/C15H10INO2/c16-12-6-2-3-7-13(12)17-15(18)11-9-19-14-8-4-1-5-10(11)14/h1-9H,(H,17,18). The normalized spacial score (nSPS) is 10.6. The lowest BCUT2D eigenvalue weighted by molar-refractivity contribution is 0.102. The Kier molecular flexibility index (Phi) is 3.25. The van der Waals surface area contributed by atoms with Crippen molar-refractivity contribution in [2.24, 2.45) is 0 Å². The third kappa shape index (κ3) is 2.35. The van der Waals surface area contributed by atoms with Gasteiger partial charge in [-0.3, -0.25) is 4.79 Å². The highest BCUT2D eigenvalue weighted by Crippen LogP contribution is 2.23. The molecular weight excluding hydrogens is 353 g/mol. The number of carbonyl (C=O) groups excluding carboxylic acids is 1. The van der Waals surface area contributed by atoms with Crippen LogP contribution in [0.15, 0.2) is 59.2 Å². The lowest BCUT2D eigenvalue weighted by Gasteiger charge is -2.05. The number of amides is 1. The summed E-state index contributed by atoms with van der Waals surface area (Å²) in [5, 5.41) is 3.72. The van der Waals surface area contributed by atoms with Crippen LogP contribution in [0, 0.1) is 3.57 Å². The molecule has 0 radical (unpaired) electrons. The molecule has 0 spiro atoms. The van der Waals surface area contributed by atoms with Gasteiger partial charge in [0.15, 0.2) is 0 Å². The fourth-order valence-corrected chi connectivity index (χ4v) is 2.43. The van der Waals surface area contributed by atoms with Gasteiger partial charge in [0.05, 0.1) is 11.3 Å². The SMILES string of the molecule is O=C(Nc1ccccc1I)c1coc2ccccc12. The number of para-hydroxylation sites is 2. The van der Waals surface area contributed by atoms with E-state index in [0.717, 1.165) is 20.2 Å². The van der Waals surface area contributed by atoms with Gasteiger partial charge in [0, 0.05) is 8.96 Å². The molecular formula is C15H10INO2. The number of halogens is 1. The van der Waals surface area contributed by atoms with E-state index in [1.54, 1.807) is 0 Å². The fourth-order valence-electron chi connectivity index (χ4n) is 1.91. The number of hydrogen-bond acceptors (Lipinski definition) is 2. The molecule has 0 atom stereocenters. The lowest BCUT2D eigenvalue weighted by atomic mass is 10.1. The Balaban J connectivity index is 1.95. The molecule has 1 N–H and O–H groups in total. The number of benzene rings is 2. The number of furan rings is 1. The summed E-state index contributed by atoms with van der Waals surface area (Å²) in [7, 11) is 0. The van der Waals surface area contributed by atoms with Gasteiger partial charge in [-0.15, -0.1) is 0 Å². The molecule has 0 saturated heterocycles. The molecule has 94 valence electrons. The van der Waals surface area contributed by atoms with Crippen LogP contribution in [0.1, 0.15) is 10.4 Å². The molecule has 1 aromatic heterocycles. The molecule has 1 amide bonds. The van der Waals surface area contributed by atoms with Crippen LogP contribution in [-0.4, -0.2) is 5.91 Å². The molecule has 0 bridgehead atoms. The summed E-state index contributed by atoms with van der Waals surface area (Å²) in [6.07, 6.45) is 1.50. The van der Waals surface area contributed by atoms with Gasteiger partial charge in [0.2, 0.25) is 0 Å². The first kappa shape index (κ1) is 12.2. The zero-order chi connectivity index (χ0) is 13.2. The molecule has 19 heavy (non-hydrogen) atoms. The first-order valence-corrected chi connectivity index (χ1v) is 6.86. The molecule has 0 aliphatic carbocycles. The topological polar surface area (TPSA) is 42.2 Å². The largest absolute Gasteiger partial charge is 0.463 e. The Morgan fingerprint density at radius 2 is 1.79 bits per heavy atom. The number of hydrogen-bond donors (Lipinski definition) is 1. The summed E-state index contributed by atoms with van der Waals surface area (Å²) in [6, 6.07) is 15.2. The Morgan fingerprint density at radius 3 is 2.63 bits per heavy atom. The highest BCUT2D eigenvalue weighted by molar-refractivity contribution is 14.1. The number of rotatable bonds is 2. The molecule has 4 heteroatoms. The number of nitrogens with one attached hydrogen (secondary N) is 1. The van der Waals surface area contributed by atoms with Gasteiger partial charge in [-0.25, -0.2) is 0 Å². The zero-order valence-electron chi connectivity index (χ0n) is 9.89. The third-order valence-corrected chi connectivity index (χ3v) is 3.79. The summed E-state index contributed by atoms with van der Waals surface area (Å²) in [4.78, 5) is 12.3. The Hall–Kier alpha value is -1.82. The number of fused-ring (bicyclic) bond motifs is 1. The van der Waals surface area contributed by atoms with E-state index >= 15 is 0 Å². The Morgan fingerprint density at radius 1 is 1.05 bits per heavy atom. The van der Waals surface area contributed by atoms with Crippen molar-refractivity contribution in [3.63, 3.8) is 0 Å². The maximum absolute atomic E-state index is 12.3. The molecule has 0 aliphatic rings. The molecule has 1 heterocycles. The van der Waals surface area contributed by atoms with Gasteiger partial charge in [0.25, 0.3) is 5.91 Å². The van der Waals surface area contributed by atoms with Crippen LogP contribution in [0.2, 0.25) is 0 Å². The first-order valence-electron chi connectivity index (χ1n) is 5.78. The van der Waals surface area contributed by atoms with E-state index in [0.29, 0.717) is 5.56 Å². The lowest BCUT2D eigenvalue weighted by Crippen LogP contribution is -2.12. The van der Waals surface area contributed by atoms with E-state index in [4.69, 9.17) is 4.42 Å². The van der Waals surface area contributed by atoms with E-state index in [1.165, 1.54) is 6.26 Å². The van der Waals surface area contributed by atoms with Crippen LogP contribution in [0.25, 0.3) is 11.0 Å². The van der Waals surface area contributed by atoms with Crippen molar-refractivity contribution in [1.82, 2.24) is 0 Å². The van der Waals surface area contributed by atoms with Gasteiger partial charge >= 0.3 is 0 Å². The third-order valence-electron chi connectivity index (χ3n) is 2.85.